The topological polar surface area (TPSA) is 24.1 Å². The lowest BCUT2D eigenvalue weighted by Gasteiger charge is -2.12. The van der Waals surface area contributed by atoms with Gasteiger partial charge in [-0.1, -0.05) is 36.4 Å². The summed E-state index contributed by atoms with van der Waals surface area (Å²) in [5, 5.41) is 6.99. The SMILES string of the molecule is Cc1ccc(NC(=S)NCc2ccccc2)c(Br)c1. The van der Waals surface area contributed by atoms with Crippen molar-refractivity contribution in [2.24, 2.45) is 0 Å². The molecule has 98 valence electrons. The fraction of sp³-hybridized carbons (Fsp3) is 0.133. The van der Waals surface area contributed by atoms with Gasteiger partial charge in [-0.25, -0.2) is 0 Å². The lowest BCUT2D eigenvalue weighted by molar-refractivity contribution is 0.926. The highest BCUT2D eigenvalue weighted by molar-refractivity contribution is 9.10. The van der Waals surface area contributed by atoms with E-state index in [1.54, 1.807) is 0 Å². The van der Waals surface area contributed by atoms with Crippen LogP contribution in [0.15, 0.2) is 53.0 Å². The third-order valence-corrected chi connectivity index (χ3v) is 3.57. The van der Waals surface area contributed by atoms with Crippen LogP contribution in [0, 0.1) is 6.92 Å². The first-order chi connectivity index (χ1) is 9.15. The Morgan fingerprint density at radius 3 is 2.58 bits per heavy atom. The van der Waals surface area contributed by atoms with Crippen LogP contribution in [0.3, 0.4) is 0 Å². The van der Waals surface area contributed by atoms with E-state index < -0.39 is 0 Å². The number of hydrogen-bond donors (Lipinski definition) is 2. The van der Waals surface area contributed by atoms with E-state index in [1.807, 2.05) is 30.3 Å². The van der Waals surface area contributed by atoms with E-state index in [4.69, 9.17) is 12.2 Å². The van der Waals surface area contributed by atoms with Crippen molar-refractivity contribution in [3.8, 4) is 0 Å². The van der Waals surface area contributed by atoms with E-state index in [0.29, 0.717) is 5.11 Å². The molecule has 0 amide bonds. The highest BCUT2D eigenvalue weighted by Gasteiger charge is 2.02. The zero-order chi connectivity index (χ0) is 13.7. The molecule has 0 aliphatic rings. The molecule has 0 radical (unpaired) electrons. The minimum Gasteiger partial charge on any atom is -0.358 e. The Morgan fingerprint density at radius 2 is 1.89 bits per heavy atom. The van der Waals surface area contributed by atoms with Crippen LogP contribution < -0.4 is 10.6 Å². The lowest BCUT2D eigenvalue weighted by Crippen LogP contribution is -2.28. The van der Waals surface area contributed by atoms with Crippen LogP contribution in [-0.2, 0) is 6.54 Å². The molecule has 2 N–H and O–H groups in total. The summed E-state index contributed by atoms with van der Waals surface area (Å²) < 4.78 is 1.01. The van der Waals surface area contributed by atoms with E-state index in [1.165, 1.54) is 11.1 Å². The van der Waals surface area contributed by atoms with Crippen molar-refractivity contribution < 1.29 is 0 Å². The van der Waals surface area contributed by atoms with Gasteiger partial charge in [-0.05, 0) is 58.3 Å². The first kappa shape index (κ1) is 14.0. The molecule has 4 heteroatoms. The molecule has 0 saturated carbocycles. The second-order valence-corrected chi connectivity index (χ2v) is 5.54. The van der Waals surface area contributed by atoms with Gasteiger partial charge in [-0.2, -0.15) is 0 Å². The van der Waals surface area contributed by atoms with E-state index in [2.05, 4.69) is 51.7 Å². The standard InChI is InChI=1S/C15H15BrN2S/c1-11-7-8-14(13(16)9-11)18-15(19)17-10-12-5-3-2-4-6-12/h2-9H,10H2,1H3,(H2,17,18,19). The van der Waals surface area contributed by atoms with Gasteiger partial charge in [0.2, 0.25) is 0 Å². The molecule has 0 fully saturated rings. The van der Waals surface area contributed by atoms with Crippen LogP contribution in [0.1, 0.15) is 11.1 Å². The number of rotatable bonds is 3. The van der Waals surface area contributed by atoms with Crippen LogP contribution in [0.4, 0.5) is 5.69 Å². The summed E-state index contributed by atoms with van der Waals surface area (Å²) in [4.78, 5) is 0. The average Bonchev–Trinajstić information content (AvgIpc) is 2.41. The predicted molar refractivity (Wildman–Crippen MR) is 88.4 cm³/mol. The largest absolute Gasteiger partial charge is 0.358 e. The van der Waals surface area contributed by atoms with Crippen molar-refractivity contribution in [2.75, 3.05) is 5.32 Å². The number of benzene rings is 2. The molecule has 0 atom stereocenters. The van der Waals surface area contributed by atoms with Crippen molar-refractivity contribution in [1.29, 1.82) is 0 Å². The van der Waals surface area contributed by atoms with Crippen LogP contribution in [0.25, 0.3) is 0 Å². The van der Waals surface area contributed by atoms with Gasteiger partial charge in [-0.15, -0.1) is 0 Å². The minimum absolute atomic E-state index is 0.619. The highest BCUT2D eigenvalue weighted by atomic mass is 79.9. The summed E-state index contributed by atoms with van der Waals surface area (Å²) in [7, 11) is 0. The monoisotopic (exact) mass is 334 g/mol. The summed E-state index contributed by atoms with van der Waals surface area (Å²) in [6.45, 7) is 2.77. The van der Waals surface area contributed by atoms with Gasteiger partial charge in [-0.3, -0.25) is 0 Å². The van der Waals surface area contributed by atoms with Crippen molar-refractivity contribution in [2.45, 2.75) is 13.5 Å². The Kier molecular flexibility index (Phi) is 4.93. The van der Waals surface area contributed by atoms with Gasteiger partial charge in [0.05, 0.1) is 5.69 Å². The third-order valence-electron chi connectivity index (χ3n) is 2.67. The molecule has 0 unspecified atom stereocenters. The number of halogens is 1. The van der Waals surface area contributed by atoms with Gasteiger partial charge in [0.1, 0.15) is 0 Å². The number of thiocarbonyl (C=S) groups is 1. The molecule has 0 bridgehead atoms. The summed E-state index contributed by atoms with van der Waals surface area (Å²) in [5.41, 5.74) is 3.38. The van der Waals surface area contributed by atoms with Gasteiger partial charge in [0, 0.05) is 11.0 Å². The fourth-order valence-corrected chi connectivity index (χ4v) is 2.44. The van der Waals surface area contributed by atoms with Gasteiger partial charge in [0.15, 0.2) is 5.11 Å². The maximum Gasteiger partial charge on any atom is 0.171 e. The van der Waals surface area contributed by atoms with E-state index in [-0.39, 0.29) is 0 Å². The summed E-state index contributed by atoms with van der Waals surface area (Å²) in [6, 6.07) is 16.3. The second kappa shape index (κ2) is 6.68. The molecule has 2 rings (SSSR count). The third kappa shape index (κ3) is 4.33. The fourth-order valence-electron chi connectivity index (χ4n) is 1.67. The predicted octanol–water partition coefficient (Wildman–Crippen LogP) is 4.24. The van der Waals surface area contributed by atoms with Crippen LogP contribution >= 0.6 is 28.1 Å². The van der Waals surface area contributed by atoms with E-state index in [0.717, 1.165) is 16.7 Å². The lowest BCUT2D eigenvalue weighted by atomic mass is 10.2. The molecule has 0 saturated heterocycles. The smallest absolute Gasteiger partial charge is 0.171 e. The quantitative estimate of drug-likeness (QED) is 0.821. The summed E-state index contributed by atoms with van der Waals surface area (Å²) >= 11 is 8.81. The van der Waals surface area contributed by atoms with Gasteiger partial charge >= 0.3 is 0 Å². The number of nitrogens with one attached hydrogen (secondary N) is 2. The maximum absolute atomic E-state index is 5.28. The molecule has 0 aliphatic carbocycles. The van der Waals surface area contributed by atoms with Crippen molar-refractivity contribution in [3.63, 3.8) is 0 Å². The average molecular weight is 335 g/mol. The number of anilines is 1. The molecule has 19 heavy (non-hydrogen) atoms. The van der Waals surface area contributed by atoms with E-state index in [9.17, 15) is 0 Å². The summed E-state index contributed by atoms with van der Waals surface area (Å²) in [6.07, 6.45) is 0. The van der Waals surface area contributed by atoms with Crippen molar-refractivity contribution in [1.82, 2.24) is 5.32 Å². The zero-order valence-electron chi connectivity index (χ0n) is 10.6. The molecule has 2 aromatic rings. The number of hydrogen-bond acceptors (Lipinski definition) is 1. The Labute approximate surface area is 127 Å². The Morgan fingerprint density at radius 1 is 1.16 bits per heavy atom. The number of aryl methyl sites for hydroxylation is 1. The molecule has 0 aromatic heterocycles. The molecule has 0 heterocycles. The van der Waals surface area contributed by atoms with Crippen LogP contribution in [-0.4, -0.2) is 5.11 Å². The normalized spacial score (nSPS) is 10.0. The van der Waals surface area contributed by atoms with Gasteiger partial charge in [0.25, 0.3) is 0 Å². The minimum atomic E-state index is 0.619. The molecular weight excluding hydrogens is 320 g/mol. The van der Waals surface area contributed by atoms with Gasteiger partial charge < -0.3 is 10.6 Å². The Bertz CT molecular complexity index is 570. The second-order valence-electron chi connectivity index (χ2n) is 4.28. The first-order valence-corrected chi connectivity index (χ1v) is 7.20. The molecule has 2 nitrogen and oxygen atoms in total. The van der Waals surface area contributed by atoms with Crippen molar-refractivity contribution in [3.05, 3.63) is 64.1 Å². The Balaban J connectivity index is 1.91. The molecule has 0 aliphatic heterocycles. The van der Waals surface area contributed by atoms with Crippen LogP contribution in [0.2, 0.25) is 0 Å². The molecular formula is C15H15BrN2S. The molecule has 0 spiro atoms. The highest BCUT2D eigenvalue weighted by Crippen LogP contribution is 2.23. The van der Waals surface area contributed by atoms with Crippen LogP contribution in [0.5, 0.6) is 0 Å². The summed E-state index contributed by atoms with van der Waals surface area (Å²) in [5.74, 6) is 0. The zero-order valence-corrected chi connectivity index (χ0v) is 13.0. The molecule has 2 aromatic carbocycles. The van der Waals surface area contributed by atoms with Crippen molar-refractivity contribution >= 4 is 38.9 Å². The van der Waals surface area contributed by atoms with E-state index >= 15 is 0 Å². The first-order valence-electron chi connectivity index (χ1n) is 6.00. The Hall–Kier alpha value is -1.39. The maximum atomic E-state index is 5.28.